The maximum Gasteiger partial charge on any atom is 0.328 e. The van der Waals surface area contributed by atoms with Crippen molar-refractivity contribution in [1.82, 2.24) is 5.32 Å². The van der Waals surface area contributed by atoms with E-state index in [0.29, 0.717) is 12.3 Å². The van der Waals surface area contributed by atoms with E-state index in [1.807, 2.05) is 13.8 Å². The predicted octanol–water partition coefficient (Wildman–Crippen LogP) is 0.710. The van der Waals surface area contributed by atoms with Crippen molar-refractivity contribution in [3.8, 4) is 0 Å². The third-order valence-corrected chi connectivity index (χ3v) is 1.57. The number of nitrogens with one attached hydrogen (secondary N) is 1. The van der Waals surface area contributed by atoms with Gasteiger partial charge in [0.1, 0.15) is 6.04 Å². The SMILES string of the molecule is COC(=O)[C@H](CC(C)C)NC(C)=O. The smallest absolute Gasteiger partial charge is 0.328 e. The molecule has 76 valence electrons. The number of ether oxygens (including phenoxy) is 1. The Morgan fingerprint density at radius 3 is 2.23 bits per heavy atom. The third-order valence-electron chi connectivity index (χ3n) is 1.57. The molecule has 1 atom stereocenters. The molecule has 0 spiro atoms. The lowest BCUT2D eigenvalue weighted by molar-refractivity contribution is -0.145. The molecule has 0 unspecified atom stereocenters. The highest BCUT2D eigenvalue weighted by Gasteiger charge is 2.20. The molecule has 0 aromatic heterocycles. The molecule has 4 heteroatoms. The number of hydrogen-bond acceptors (Lipinski definition) is 3. The molecular weight excluding hydrogens is 170 g/mol. The molecular formula is C9H17NO3. The van der Waals surface area contributed by atoms with Gasteiger partial charge < -0.3 is 10.1 Å². The van der Waals surface area contributed by atoms with Gasteiger partial charge in [-0.25, -0.2) is 4.79 Å². The van der Waals surface area contributed by atoms with Crippen LogP contribution in [0.2, 0.25) is 0 Å². The molecule has 0 saturated heterocycles. The molecule has 1 N–H and O–H groups in total. The zero-order valence-electron chi connectivity index (χ0n) is 8.59. The first-order chi connectivity index (χ1) is 5.97. The second-order valence-corrected chi connectivity index (χ2v) is 3.41. The minimum Gasteiger partial charge on any atom is -0.467 e. The van der Waals surface area contributed by atoms with Crippen molar-refractivity contribution in [3.63, 3.8) is 0 Å². The van der Waals surface area contributed by atoms with Gasteiger partial charge in [0.2, 0.25) is 5.91 Å². The molecule has 0 aliphatic heterocycles. The van der Waals surface area contributed by atoms with Crippen LogP contribution in [0, 0.1) is 5.92 Å². The summed E-state index contributed by atoms with van der Waals surface area (Å²) in [6.07, 6.45) is 0.603. The highest BCUT2D eigenvalue weighted by atomic mass is 16.5. The normalized spacial score (nSPS) is 12.4. The fourth-order valence-electron chi connectivity index (χ4n) is 1.07. The van der Waals surface area contributed by atoms with Crippen molar-refractivity contribution < 1.29 is 14.3 Å². The van der Waals surface area contributed by atoms with Crippen molar-refractivity contribution in [3.05, 3.63) is 0 Å². The van der Waals surface area contributed by atoms with E-state index >= 15 is 0 Å². The molecule has 0 fully saturated rings. The molecule has 0 aromatic carbocycles. The van der Waals surface area contributed by atoms with Crippen molar-refractivity contribution >= 4 is 11.9 Å². The summed E-state index contributed by atoms with van der Waals surface area (Å²) in [4.78, 5) is 21.9. The van der Waals surface area contributed by atoms with Crippen LogP contribution < -0.4 is 5.32 Å². The Kier molecular flexibility index (Phi) is 5.11. The first kappa shape index (κ1) is 11.9. The van der Waals surface area contributed by atoms with Crippen LogP contribution in [0.5, 0.6) is 0 Å². The monoisotopic (exact) mass is 187 g/mol. The first-order valence-electron chi connectivity index (χ1n) is 4.32. The summed E-state index contributed by atoms with van der Waals surface area (Å²) in [6.45, 7) is 5.35. The maximum atomic E-state index is 11.1. The number of carbonyl (C=O) groups excluding carboxylic acids is 2. The van der Waals surface area contributed by atoms with Gasteiger partial charge >= 0.3 is 5.97 Å². The number of hydrogen-bond donors (Lipinski definition) is 1. The summed E-state index contributed by atoms with van der Waals surface area (Å²) in [5.74, 6) is -0.254. The van der Waals surface area contributed by atoms with Gasteiger partial charge in [0.05, 0.1) is 7.11 Å². The van der Waals surface area contributed by atoms with Gasteiger partial charge in [0.15, 0.2) is 0 Å². The summed E-state index contributed by atoms with van der Waals surface area (Å²) in [5, 5.41) is 2.55. The number of esters is 1. The predicted molar refractivity (Wildman–Crippen MR) is 49.1 cm³/mol. The number of rotatable bonds is 4. The Bertz CT molecular complexity index is 189. The zero-order chi connectivity index (χ0) is 10.4. The van der Waals surface area contributed by atoms with Gasteiger partial charge in [-0.15, -0.1) is 0 Å². The summed E-state index contributed by atoms with van der Waals surface area (Å²) >= 11 is 0. The molecule has 1 amide bonds. The Balaban J connectivity index is 4.18. The summed E-state index contributed by atoms with van der Waals surface area (Å²) in [6, 6.07) is -0.512. The van der Waals surface area contributed by atoms with Crippen LogP contribution >= 0.6 is 0 Å². The Labute approximate surface area is 78.6 Å². The van der Waals surface area contributed by atoms with Crippen LogP contribution in [0.15, 0.2) is 0 Å². The van der Waals surface area contributed by atoms with Crippen LogP contribution in [0.1, 0.15) is 27.2 Å². The molecule has 0 saturated carbocycles. The Morgan fingerprint density at radius 2 is 1.92 bits per heavy atom. The summed E-state index contributed by atoms with van der Waals surface area (Å²) < 4.78 is 4.56. The molecule has 0 aromatic rings. The highest BCUT2D eigenvalue weighted by molar-refractivity contribution is 5.83. The van der Waals surface area contributed by atoms with E-state index < -0.39 is 6.04 Å². The van der Waals surface area contributed by atoms with Crippen LogP contribution in [-0.2, 0) is 14.3 Å². The van der Waals surface area contributed by atoms with Crippen molar-refractivity contribution in [2.24, 2.45) is 5.92 Å². The molecule has 0 radical (unpaired) electrons. The molecule has 0 heterocycles. The van der Waals surface area contributed by atoms with Crippen molar-refractivity contribution in [1.29, 1.82) is 0 Å². The minimum absolute atomic E-state index is 0.212. The van der Waals surface area contributed by atoms with Gasteiger partial charge in [0.25, 0.3) is 0 Å². The molecule has 0 rings (SSSR count). The number of methoxy groups -OCH3 is 1. The lowest BCUT2D eigenvalue weighted by Crippen LogP contribution is -2.41. The van der Waals surface area contributed by atoms with Gasteiger partial charge in [0, 0.05) is 6.92 Å². The third kappa shape index (κ3) is 5.22. The van der Waals surface area contributed by atoms with E-state index in [1.165, 1.54) is 14.0 Å². The number of carbonyl (C=O) groups is 2. The first-order valence-corrected chi connectivity index (χ1v) is 4.32. The van der Waals surface area contributed by atoms with E-state index in [2.05, 4.69) is 10.1 Å². The standard InChI is InChI=1S/C9H17NO3/c1-6(2)5-8(9(12)13-4)10-7(3)11/h6,8H,5H2,1-4H3,(H,10,11)/t8-/m0/s1. The van der Waals surface area contributed by atoms with Gasteiger partial charge in [-0.3, -0.25) is 4.79 Å². The minimum atomic E-state index is -0.512. The lowest BCUT2D eigenvalue weighted by atomic mass is 10.0. The van der Waals surface area contributed by atoms with Gasteiger partial charge in [-0.1, -0.05) is 13.8 Å². The van der Waals surface area contributed by atoms with Crippen LogP contribution in [-0.4, -0.2) is 25.0 Å². The van der Waals surface area contributed by atoms with E-state index in [-0.39, 0.29) is 11.9 Å². The Hall–Kier alpha value is -1.06. The quantitative estimate of drug-likeness (QED) is 0.659. The lowest BCUT2D eigenvalue weighted by Gasteiger charge is -2.16. The summed E-state index contributed by atoms with van der Waals surface area (Å²) in [5.41, 5.74) is 0. The number of amides is 1. The maximum absolute atomic E-state index is 11.1. The van der Waals surface area contributed by atoms with E-state index in [0.717, 1.165) is 0 Å². The average Bonchev–Trinajstić information content (AvgIpc) is 2.00. The second-order valence-electron chi connectivity index (χ2n) is 3.41. The van der Waals surface area contributed by atoms with Crippen molar-refractivity contribution in [2.45, 2.75) is 33.2 Å². The largest absolute Gasteiger partial charge is 0.467 e. The fourth-order valence-corrected chi connectivity index (χ4v) is 1.07. The summed E-state index contributed by atoms with van der Waals surface area (Å²) in [7, 11) is 1.32. The average molecular weight is 187 g/mol. The van der Waals surface area contributed by atoms with Gasteiger partial charge in [-0.2, -0.15) is 0 Å². The topological polar surface area (TPSA) is 55.4 Å². The zero-order valence-corrected chi connectivity index (χ0v) is 8.59. The van der Waals surface area contributed by atoms with Crippen LogP contribution in [0.3, 0.4) is 0 Å². The van der Waals surface area contributed by atoms with Gasteiger partial charge in [-0.05, 0) is 12.3 Å². The second kappa shape index (κ2) is 5.56. The molecule has 0 aliphatic carbocycles. The Morgan fingerprint density at radius 1 is 1.38 bits per heavy atom. The fraction of sp³-hybridized carbons (Fsp3) is 0.778. The van der Waals surface area contributed by atoms with Crippen molar-refractivity contribution in [2.75, 3.05) is 7.11 Å². The van der Waals surface area contributed by atoms with E-state index in [4.69, 9.17) is 0 Å². The molecule has 4 nitrogen and oxygen atoms in total. The molecule has 13 heavy (non-hydrogen) atoms. The molecule has 0 aliphatic rings. The van der Waals surface area contributed by atoms with Crippen LogP contribution in [0.25, 0.3) is 0 Å². The highest BCUT2D eigenvalue weighted by Crippen LogP contribution is 2.05. The van der Waals surface area contributed by atoms with E-state index in [1.54, 1.807) is 0 Å². The van der Waals surface area contributed by atoms with Crippen LogP contribution in [0.4, 0.5) is 0 Å². The van der Waals surface area contributed by atoms with E-state index in [9.17, 15) is 9.59 Å². The molecule has 0 bridgehead atoms.